The lowest BCUT2D eigenvalue weighted by Crippen LogP contribution is -2.46. The van der Waals surface area contributed by atoms with Gasteiger partial charge >= 0.3 is 5.97 Å². The fourth-order valence-electron chi connectivity index (χ4n) is 1.79. The minimum absolute atomic E-state index is 0.000903. The predicted octanol–water partition coefficient (Wildman–Crippen LogP) is 1.13. The molecule has 0 aliphatic carbocycles. The number of rotatable bonds is 4. The average molecular weight is 248 g/mol. The van der Waals surface area contributed by atoms with Gasteiger partial charge in [0.2, 0.25) is 5.91 Å². The van der Waals surface area contributed by atoms with Crippen molar-refractivity contribution in [3.05, 3.63) is 29.3 Å². The van der Waals surface area contributed by atoms with Gasteiger partial charge in [-0.1, -0.05) is 12.1 Å². The third-order valence-corrected chi connectivity index (χ3v) is 3.06. The first kappa shape index (κ1) is 12.6. The molecule has 1 aliphatic rings. The number of benzene rings is 1. The number of carboxylic acid groups (broad SMARTS) is 1. The van der Waals surface area contributed by atoms with Crippen LogP contribution < -0.4 is 10.6 Å². The Hall–Kier alpha value is -1.88. The normalized spacial score (nSPS) is 14.2. The molecule has 1 heterocycles. The molecule has 18 heavy (non-hydrogen) atoms. The van der Waals surface area contributed by atoms with E-state index in [0.29, 0.717) is 13.0 Å². The van der Waals surface area contributed by atoms with Gasteiger partial charge in [0, 0.05) is 12.2 Å². The Morgan fingerprint density at radius 3 is 2.89 bits per heavy atom. The summed E-state index contributed by atoms with van der Waals surface area (Å²) in [5.74, 6) is -0.888. The van der Waals surface area contributed by atoms with Gasteiger partial charge in [-0.2, -0.15) is 0 Å². The molecule has 0 saturated carbocycles. The summed E-state index contributed by atoms with van der Waals surface area (Å²) >= 11 is 0. The lowest BCUT2D eigenvalue weighted by atomic mass is 10.0. The van der Waals surface area contributed by atoms with Crippen molar-refractivity contribution >= 4 is 17.6 Å². The summed E-state index contributed by atoms with van der Waals surface area (Å²) in [7, 11) is 0. The van der Waals surface area contributed by atoms with Gasteiger partial charge in [-0.3, -0.25) is 14.9 Å². The molecular formula is C13H16N2O3. The van der Waals surface area contributed by atoms with Crippen molar-refractivity contribution in [1.29, 1.82) is 0 Å². The van der Waals surface area contributed by atoms with E-state index in [2.05, 4.69) is 10.6 Å². The van der Waals surface area contributed by atoms with E-state index < -0.39 is 11.5 Å². The lowest BCUT2D eigenvalue weighted by Gasteiger charge is -2.21. The van der Waals surface area contributed by atoms with Crippen LogP contribution in [0.1, 0.15) is 25.0 Å². The summed E-state index contributed by atoms with van der Waals surface area (Å²) in [6.45, 7) is 3.70. The van der Waals surface area contributed by atoms with Gasteiger partial charge in [0.25, 0.3) is 0 Å². The minimum Gasteiger partial charge on any atom is -0.480 e. The highest BCUT2D eigenvalue weighted by atomic mass is 16.4. The van der Waals surface area contributed by atoms with Crippen molar-refractivity contribution in [2.45, 2.75) is 32.4 Å². The van der Waals surface area contributed by atoms with Gasteiger partial charge in [0.05, 0.1) is 6.42 Å². The van der Waals surface area contributed by atoms with Crippen LogP contribution in [0.4, 0.5) is 5.69 Å². The molecule has 1 aromatic carbocycles. The number of carboxylic acids is 1. The first-order valence-electron chi connectivity index (χ1n) is 5.78. The van der Waals surface area contributed by atoms with Gasteiger partial charge < -0.3 is 10.4 Å². The molecule has 5 nitrogen and oxygen atoms in total. The molecule has 0 unspecified atom stereocenters. The average Bonchev–Trinajstić information content (AvgIpc) is 2.65. The van der Waals surface area contributed by atoms with E-state index in [9.17, 15) is 9.59 Å². The monoisotopic (exact) mass is 248 g/mol. The van der Waals surface area contributed by atoms with Gasteiger partial charge in [-0.15, -0.1) is 0 Å². The molecule has 1 aromatic rings. The largest absolute Gasteiger partial charge is 0.480 e. The molecule has 0 saturated heterocycles. The number of carbonyl (C=O) groups excluding carboxylic acids is 1. The van der Waals surface area contributed by atoms with Gasteiger partial charge in [-0.25, -0.2) is 0 Å². The molecule has 0 atom stereocenters. The van der Waals surface area contributed by atoms with Crippen LogP contribution in [0, 0.1) is 0 Å². The molecule has 5 heteroatoms. The zero-order valence-electron chi connectivity index (χ0n) is 10.4. The Balaban J connectivity index is 2.06. The van der Waals surface area contributed by atoms with Crippen molar-refractivity contribution in [1.82, 2.24) is 5.32 Å². The lowest BCUT2D eigenvalue weighted by molar-refractivity contribution is -0.143. The zero-order chi connectivity index (χ0) is 13.3. The van der Waals surface area contributed by atoms with Crippen LogP contribution in [-0.4, -0.2) is 22.5 Å². The SMILES string of the molecule is CC(C)(NCc1ccc2c(c1)CC(=O)N2)C(=O)O. The highest BCUT2D eigenvalue weighted by Gasteiger charge is 2.26. The molecule has 2 rings (SSSR count). The highest BCUT2D eigenvalue weighted by Crippen LogP contribution is 2.23. The number of nitrogens with one attached hydrogen (secondary N) is 2. The Bertz CT molecular complexity index is 509. The summed E-state index contributed by atoms with van der Waals surface area (Å²) in [4.78, 5) is 22.2. The molecule has 1 aliphatic heterocycles. The van der Waals surface area contributed by atoms with E-state index in [0.717, 1.165) is 16.8 Å². The van der Waals surface area contributed by atoms with Crippen LogP contribution in [-0.2, 0) is 22.6 Å². The number of hydrogen-bond acceptors (Lipinski definition) is 3. The second-order valence-electron chi connectivity index (χ2n) is 5.00. The number of fused-ring (bicyclic) bond motifs is 1. The zero-order valence-corrected chi connectivity index (χ0v) is 10.4. The Morgan fingerprint density at radius 1 is 1.50 bits per heavy atom. The molecular weight excluding hydrogens is 232 g/mol. The topological polar surface area (TPSA) is 78.4 Å². The van der Waals surface area contributed by atoms with Gasteiger partial charge in [0.1, 0.15) is 5.54 Å². The second kappa shape index (κ2) is 4.42. The molecule has 0 fully saturated rings. The van der Waals surface area contributed by atoms with E-state index in [1.54, 1.807) is 13.8 Å². The third-order valence-electron chi connectivity index (χ3n) is 3.06. The van der Waals surface area contributed by atoms with E-state index in [4.69, 9.17) is 5.11 Å². The molecule has 0 spiro atoms. The predicted molar refractivity (Wildman–Crippen MR) is 67.3 cm³/mol. The smallest absolute Gasteiger partial charge is 0.323 e. The number of aliphatic carboxylic acids is 1. The molecule has 0 aromatic heterocycles. The van der Waals surface area contributed by atoms with Crippen molar-refractivity contribution in [2.75, 3.05) is 5.32 Å². The Morgan fingerprint density at radius 2 is 2.22 bits per heavy atom. The Kier molecular flexibility index (Phi) is 3.09. The summed E-state index contributed by atoms with van der Waals surface area (Å²) in [6, 6.07) is 5.67. The second-order valence-corrected chi connectivity index (χ2v) is 5.00. The maximum Gasteiger partial charge on any atom is 0.323 e. The van der Waals surface area contributed by atoms with Crippen LogP contribution in [0.5, 0.6) is 0 Å². The van der Waals surface area contributed by atoms with E-state index in [1.807, 2.05) is 18.2 Å². The molecule has 3 N–H and O–H groups in total. The van der Waals surface area contributed by atoms with E-state index in [-0.39, 0.29) is 5.91 Å². The van der Waals surface area contributed by atoms with Crippen LogP contribution in [0.2, 0.25) is 0 Å². The van der Waals surface area contributed by atoms with Gasteiger partial charge in [-0.05, 0) is 31.0 Å². The van der Waals surface area contributed by atoms with Crippen LogP contribution in [0.25, 0.3) is 0 Å². The van der Waals surface area contributed by atoms with Gasteiger partial charge in [0.15, 0.2) is 0 Å². The summed E-state index contributed by atoms with van der Waals surface area (Å²) in [5, 5.41) is 14.7. The Labute approximate surface area is 105 Å². The summed E-state index contributed by atoms with van der Waals surface area (Å²) < 4.78 is 0. The summed E-state index contributed by atoms with van der Waals surface area (Å²) in [6.07, 6.45) is 0.394. The van der Waals surface area contributed by atoms with Crippen molar-refractivity contribution in [3.8, 4) is 0 Å². The van der Waals surface area contributed by atoms with Crippen molar-refractivity contribution in [3.63, 3.8) is 0 Å². The quantitative estimate of drug-likeness (QED) is 0.746. The molecule has 96 valence electrons. The maximum absolute atomic E-state index is 11.2. The number of carbonyl (C=O) groups is 2. The van der Waals surface area contributed by atoms with Crippen molar-refractivity contribution in [2.24, 2.45) is 0 Å². The number of anilines is 1. The first-order valence-corrected chi connectivity index (χ1v) is 5.78. The molecule has 0 radical (unpaired) electrons. The van der Waals surface area contributed by atoms with Crippen LogP contribution in [0.3, 0.4) is 0 Å². The first-order chi connectivity index (χ1) is 8.38. The fourth-order valence-corrected chi connectivity index (χ4v) is 1.79. The fraction of sp³-hybridized carbons (Fsp3) is 0.385. The third kappa shape index (κ3) is 2.51. The van der Waals surface area contributed by atoms with E-state index in [1.165, 1.54) is 0 Å². The van der Waals surface area contributed by atoms with Crippen LogP contribution >= 0.6 is 0 Å². The summed E-state index contributed by atoms with van der Waals surface area (Å²) in [5.41, 5.74) is 1.82. The van der Waals surface area contributed by atoms with Crippen molar-refractivity contribution < 1.29 is 14.7 Å². The standard InChI is InChI=1S/C13H16N2O3/c1-13(2,12(17)18)14-7-8-3-4-10-9(5-8)6-11(16)15-10/h3-5,14H,6-7H2,1-2H3,(H,15,16)(H,17,18). The highest BCUT2D eigenvalue weighted by molar-refractivity contribution is 5.99. The van der Waals surface area contributed by atoms with Crippen LogP contribution in [0.15, 0.2) is 18.2 Å². The number of hydrogen-bond donors (Lipinski definition) is 3. The minimum atomic E-state index is -0.965. The maximum atomic E-state index is 11.2. The van der Waals surface area contributed by atoms with E-state index >= 15 is 0 Å². The molecule has 0 bridgehead atoms. The molecule has 1 amide bonds. The number of amides is 1.